The quantitative estimate of drug-likeness (QED) is 0.756. The second-order valence-corrected chi connectivity index (χ2v) is 6.68. The van der Waals surface area contributed by atoms with Gasteiger partial charge in [-0.2, -0.15) is 0 Å². The van der Waals surface area contributed by atoms with Crippen molar-refractivity contribution in [1.29, 1.82) is 0 Å². The maximum Gasteiger partial charge on any atom is 0.355 e. The Morgan fingerprint density at radius 3 is 2.67 bits per heavy atom. The first-order valence-electron chi connectivity index (χ1n) is 4.99. The van der Waals surface area contributed by atoms with Crippen LogP contribution in [0.1, 0.15) is 22.4 Å². The van der Waals surface area contributed by atoms with E-state index in [-0.39, 0.29) is 18.0 Å². The number of sulfone groups is 1. The van der Waals surface area contributed by atoms with E-state index in [9.17, 15) is 18.0 Å². The average molecular weight is 292 g/mol. The molecule has 1 aromatic rings. The number of hydrogen-bond acceptors (Lipinski definition) is 6. The highest BCUT2D eigenvalue weighted by Gasteiger charge is 2.15. The van der Waals surface area contributed by atoms with Crippen molar-refractivity contribution >= 4 is 33.1 Å². The van der Waals surface area contributed by atoms with Gasteiger partial charge in [-0.15, -0.1) is 11.3 Å². The molecule has 9 heteroatoms. The normalized spacial score (nSPS) is 11.2. The Balaban J connectivity index is 2.50. The molecule has 0 fully saturated rings. The molecule has 1 heterocycles. The van der Waals surface area contributed by atoms with Crippen LogP contribution in [0.25, 0.3) is 0 Å². The Labute approximate surface area is 108 Å². The fraction of sp³-hybridized carbons (Fsp3) is 0.444. The molecular formula is C9H12N2O5S2. The number of hydrogen-bond donors (Lipinski definition) is 2. The van der Waals surface area contributed by atoms with Gasteiger partial charge in [0.1, 0.15) is 10.8 Å². The van der Waals surface area contributed by atoms with Crippen molar-refractivity contribution in [3.63, 3.8) is 0 Å². The molecular weight excluding hydrogens is 280 g/mol. The fourth-order valence-corrected chi connectivity index (χ4v) is 2.43. The summed E-state index contributed by atoms with van der Waals surface area (Å²) in [5.74, 6) is -2.43. The summed E-state index contributed by atoms with van der Waals surface area (Å²) < 4.78 is 22.3. The zero-order chi connectivity index (χ0) is 13.8. The molecule has 18 heavy (non-hydrogen) atoms. The van der Waals surface area contributed by atoms with Gasteiger partial charge in [0.2, 0.25) is 5.91 Å². The summed E-state index contributed by atoms with van der Waals surface area (Å²) in [6, 6.07) is 0. The number of carbonyl (C=O) groups is 2. The van der Waals surface area contributed by atoms with Crippen molar-refractivity contribution in [3.8, 4) is 0 Å². The predicted molar refractivity (Wildman–Crippen MR) is 65.2 cm³/mol. The number of nitrogens with one attached hydrogen (secondary N) is 1. The standard InChI is InChI=1S/C9H12N2O5S2/c1-2-18(15,16)5-7(12)10-3-8-11-6(4-17-8)9(13)14/h4H,2-3,5H2,1H3,(H,10,12)(H,13,14). The minimum absolute atomic E-state index is 0.0238. The van der Waals surface area contributed by atoms with Crippen molar-refractivity contribution in [3.05, 3.63) is 16.1 Å². The molecule has 0 bridgehead atoms. The summed E-state index contributed by atoms with van der Waals surface area (Å²) in [4.78, 5) is 25.6. The Bertz CT molecular complexity index is 549. The Morgan fingerprint density at radius 2 is 2.17 bits per heavy atom. The maximum absolute atomic E-state index is 11.3. The molecule has 0 spiro atoms. The van der Waals surface area contributed by atoms with Gasteiger partial charge in [0.05, 0.1) is 6.54 Å². The number of amides is 1. The highest BCUT2D eigenvalue weighted by molar-refractivity contribution is 7.92. The van der Waals surface area contributed by atoms with Gasteiger partial charge in [-0.1, -0.05) is 6.92 Å². The summed E-state index contributed by atoms with van der Waals surface area (Å²) in [5, 5.41) is 12.8. The van der Waals surface area contributed by atoms with Crippen LogP contribution in [0.15, 0.2) is 5.38 Å². The van der Waals surface area contributed by atoms with Gasteiger partial charge in [0.25, 0.3) is 0 Å². The molecule has 0 aromatic carbocycles. The monoisotopic (exact) mass is 292 g/mol. The van der Waals surface area contributed by atoms with E-state index in [2.05, 4.69) is 10.3 Å². The molecule has 0 radical (unpaired) electrons. The number of rotatable bonds is 6. The molecule has 1 amide bonds. The molecule has 0 aliphatic heterocycles. The maximum atomic E-state index is 11.3. The van der Waals surface area contributed by atoms with E-state index in [0.717, 1.165) is 11.3 Å². The lowest BCUT2D eigenvalue weighted by Gasteiger charge is -2.02. The van der Waals surface area contributed by atoms with E-state index in [1.165, 1.54) is 12.3 Å². The number of nitrogens with zero attached hydrogens (tertiary/aromatic N) is 1. The first kappa shape index (κ1) is 14.6. The summed E-state index contributed by atoms with van der Waals surface area (Å²) >= 11 is 1.09. The van der Waals surface area contributed by atoms with Crippen LogP contribution in [0.3, 0.4) is 0 Å². The lowest BCUT2D eigenvalue weighted by atomic mass is 10.5. The second-order valence-electron chi connectivity index (χ2n) is 3.38. The van der Waals surface area contributed by atoms with Crippen molar-refractivity contribution in [2.24, 2.45) is 0 Å². The van der Waals surface area contributed by atoms with Crippen LogP contribution in [0.5, 0.6) is 0 Å². The van der Waals surface area contributed by atoms with E-state index in [1.807, 2.05) is 0 Å². The third-order valence-electron chi connectivity index (χ3n) is 2.00. The topological polar surface area (TPSA) is 113 Å². The largest absolute Gasteiger partial charge is 0.476 e. The number of carbonyl (C=O) groups excluding carboxylic acids is 1. The number of aromatic carboxylic acids is 1. The summed E-state index contributed by atoms with van der Waals surface area (Å²) in [6.45, 7) is 1.48. The number of carboxylic acid groups (broad SMARTS) is 1. The first-order chi connectivity index (χ1) is 8.34. The van der Waals surface area contributed by atoms with Gasteiger partial charge < -0.3 is 10.4 Å². The molecule has 7 nitrogen and oxygen atoms in total. The van der Waals surface area contributed by atoms with Crippen LogP contribution in [-0.4, -0.2) is 41.9 Å². The van der Waals surface area contributed by atoms with Gasteiger partial charge >= 0.3 is 5.97 Å². The van der Waals surface area contributed by atoms with Gasteiger partial charge in [0, 0.05) is 11.1 Å². The molecule has 1 rings (SSSR count). The van der Waals surface area contributed by atoms with Gasteiger partial charge in [-0.05, 0) is 0 Å². The van der Waals surface area contributed by atoms with Crippen molar-refractivity contribution in [2.45, 2.75) is 13.5 Å². The molecule has 100 valence electrons. The van der Waals surface area contributed by atoms with E-state index < -0.39 is 27.5 Å². The van der Waals surface area contributed by atoms with Crippen LogP contribution in [0.4, 0.5) is 0 Å². The zero-order valence-electron chi connectivity index (χ0n) is 9.54. The third kappa shape index (κ3) is 4.41. The third-order valence-corrected chi connectivity index (χ3v) is 4.43. The Morgan fingerprint density at radius 1 is 1.50 bits per heavy atom. The van der Waals surface area contributed by atoms with Gasteiger partial charge in [0.15, 0.2) is 15.5 Å². The lowest BCUT2D eigenvalue weighted by Crippen LogP contribution is -2.30. The van der Waals surface area contributed by atoms with E-state index in [4.69, 9.17) is 5.11 Å². The molecule has 0 aliphatic rings. The van der Waals surface area contributed by atoms with Crippen LogP contribution >= 0.6 is 11.3 Å². The lowest BCUT2D eigenvalue weighted by molar-refractivity contribution is -0.118. The highest BCUT2D eigenvalue weighted by atomic mass is 32.2. The average Bonchev–Trinajstić information content (AvgIpc) is 2.74. The SMILES string of the molecule is CCS(=O)(=O)CC(=O)NCc1nc(C(=O)O)cs1. The van der Waals surface area contributed by atoms with Crippen LogP contribution in [0, 0.1) is 0 Å². The first-order valence-corrected chi connectivity index (χ1v) is 7.69. The number of aromatic nitrogens is 1. The number of thiazole rings is 1. The van der Waals surface area contributed by atoms with Crippen molar-refractivity contribution in [1.82, 2.24) is 10.3 Å². The summed E-state index contributed by atoms with van der Waals surface area (Å²) in [7, 11) is -3.35. The van der Waals surface area contributed by atoms with Crippen LogP contribution in [-0.2, 0) is 21.2 Å². The molecule has 0 aliphatic carbocycles. The van der Waals surface area contributed by atoms with Gasteiger partial charge in [-0.3, -0.25) is 4.79 Å². The Kier molecular flexibility index (Phi) is 4.79. The van der Waals surface area contributed by atoms with Crippen LogP contribution in [0.2, 0.25) is 0 Å². The minimum Gasteiger partial charge on any atom is -0.476 e. The molecule has 2 N–H and O–H groups in total. The molecule has 1 aromatic heterocycles. The van der Waals surface area contributed by atoms with E-state index >= 15 is 0 Å². The molecule has 0 saturated heterocycles. The summed E-state index contributed by atoms with van der Waals surface area (Å²) in [5.41, 5.74) is -0.0922. The smallest absolute Gasteiger partial charge is 0.355 e. The molecule has 0 saturated carbocycles. The zero-order valence-corrected chi connectivity index (χ0v) is 11.2. The molecule has 0 atom stereocenters. The fourth-order valence-electron chi connectivity index (χ4n) is 1.02. The Hall–Kier alpha value is -1.48. The summed E-state index contributed by atoms with van der Waals surface area (Å²) in [6.07, 6.45) is 0. The van der Waals surface area contributed by atoms with Crippen LogP contribution < -0.4 is 5.32 Å². The highest BCUT2D eigenvalue weighted by Crippen LogP contribution is 2.09. The van der Waals surface area contributed by atoms with E-state index in [0.29, 0.717) is 5.01 Å². The van der Waals surface area contributed by atoms with Crippen molar-refractivity contribution < 1.29 is 23.1 Å². The molecule has 0 unspecified atom stereocenters. The van der Waals surface area contributed by atoms with Gasteiger partial charge in [-0.25, -0.2) is 18.2 Å². The second kappa shape index (κ2) is 5.91. The minimum atomic E-state index is -3.35. The van der Waals surface area contributed by atoms with Crippen molar-refractivity contribution in [2.75, 3.05) is 11.5 Å². The number of carboxylic acids is 1. The predicted octanol–water partition coefficient (Wildman–Crippen LogP) is -0.108. The van der Waals surface area contributed by atoms with E-state index in [1.54, 1.807) is 0 Å².